The Bertz CT molecular complexity index is 369. The number of halogens is 1. The summed E-state index contributed by atoms with van der Waals surface area (Å²) in [6.07, 6.45) is 2.83. The molecule has 0 atom stereocenters. The number of amides is 1. The smallest absolute Gasteiger partial charge is 0.220 e. The van der Waals surface area contributed by atoms with Crippen molar-refractivity contribution in [1.82, 2.24) is 5.32 Å². The van der Waals surface area contributed by atoms with Crippen LogP contribution in [-0.2, 0) is 16.0 Å². The van der Waals surface area contributed by atoms with Gasteiger partial charge in [-0.15, -0.1) is 0 Å². The quantitative estimate of drug-likeness (QED) is 0.722. The zero-order chi connectivity index (χ0) is 13.2. The highest BCUT2D eigenvalue weighted by atomic mass is 19.1. The second kappa shape index (κ2) is 8.64. The molecule has 100 valence electrons. The second-order valence-corrected chi connectivity index (χ2v) is 4.18. The Kier molecular flexibility index (Phi) is 7.03. The van der Waals surface area contributed by atoms with Crippen LogP contribution in [0.3, 0.4) is 0 Å². The van der Waals surface area contributed by atoms with E-state index in [9.17, 15) is 9.18 Å². The van der Waals surface area contributed by atoms with E-state index in [1.807, 2.05) is 6.07 Å². The Hall–Kier alpha value is -1.42. The van der Waals surface area contributed by atoms with Gasteiger partial charge in [-0.05, 0) is 37.0 Å². The van der Waals surface area contributed by atoms with Gasteiger partial charge in [0, 0.05) is 26.7 Å². The van der Waals surface area contributed by atoms with Gasteiger partial charge in [0.1, 0.15) is 5.82 Å². The third-order valence-corrected chi connectivity index (χ3v) is 2.63. The number of aryl methyl sites for hydroxylation is 1. The van der Waals surface area contributed by atoms with Crippen molar-refractivity contribution in [1.29, 1.82) is 0 Å². The van der Waals surface area contributed by atoms with Crippen LogP contribution in [0.5, 0.6) is 0 Å². The van der Waals surface area contributed by atoms with Gasteiger partial charge in [0.15, 0.2) is 0 Å². The van der Waals surface area contributed by atoms with Gasteiger partial charge in [-0.1, -0.05) is 12.1 Å². The Morgan fingerprint density at radius 3 is 2.94 bits per heavy atom. The molecule has 0 heterocycles. The van der Waals surface area contributed by atoms with E-state index in [1.54, 1.807) is 13.2 Å². The summed E-state index contributed by atoms with van der Waals surface area (Å²) in [7, 11) is 1.66. The lowest BCUT2D eigenvalue weighted by Gasteiger charge is -2.05. The maximum absolute atomic E-state index is 12.9. The van der Waals surface area contributed by atoms with E-state index in [-0.39, 0.29) is 11.7 Å². The summed E-state index contributed by atoms with van der Waals surface area (Å²) in [6.45, 7) is 1.39. The molecule has 0 aliphatic heterocycles. The van der Waals surface area contributed by atoms with Gasteiger partial charge in [0.05, 0.1) is 0 Å². The van der Waals surface area contributed by atoms with Crippen molar-refractivity contribution in [3.63, 3.8) is 0 Å². The van der Waals surface area contributed by atoms with Gasteiger partial charge < -0.3 is 10.1 Å². The molecule has 1 N–H and O–H groups in total. The number of benzene rings is 1. The topological polar surface area (TPSA) is 38.3 Å². The van der Waals surface area contributed by atoms with Crippen molar-refractivity contribution >= 4 is 5.91 Å². The van der Waals surface area contributed by atoms with Gasteiger partial charge >= 0.3 is 0 Å². The number of methoxy groups -OCH3 is 1. The predicted molar refractivity (Wildman–Crippen MR) is 68.8 cm³/mol. The molecule has 0 spiro atoms. The molecule has 0 aromatic heterocycles. The largest absolute Gasteiger partial charge is 0.385 e. The highest BCUT2D eigenvalue weighted by molar-refractivity contribution is 5.76. The van der Waals surface area contributed by atoms with E-state index in [1.165, 1.54) is 12.1 Å². The summed E-state index contributed by atoms with van der Waals surface area (Å²) in [5.74, 6) is -0.246. The fourth-order valence-corrected chi connectivity index (χ4v) is 1.64. The van der Waals surface area contributed by atoms with E-state index in [2.05, 4.69) is 5.32 Å². The van der Waals surface area contributed by atoms with Crippen molar-refractivity contribution in [2.24, 2.45) is 0 Å². The van der Waals surface area contributed by atoms with E-state index in [0.29, 0.717) is 19.4 Å². The van der Waals surface area contributed by atoms with Gasteiger partial charge in [-0.3, -0.25) is 4.79 Å². The summed E-state index contributed by atoms with van der Waals surface area (Å²) in [5, 5.41) is 2.84. The molecule has 1 aromatic rings. The second-order valence-electron chi connectivity index (χ2n) is 4.18. The third-order valence-electron chi connectivity index (χ3n) is 2.63. The Labute approximate surface area is 107 Å². The van der Waals surface area contributed by atoms with Crippen LogP contribution in [0.25, 0.3) is 0 Å². The molecule has 4 heteroatoms. The van der Waals surface area contributed by atoms with Gasteiger partial charge in [-0.25, -0.2) is 4.39 Å². The number of carbonyl (C=O) groups excluding carboxylic acids is 1. The van der Waals surface area contributed by atoms with E-state index in [4.69, 9.17) is 4.74 Å². The van der Waals surface area contributed by atoms with Crippen LogP contribution in [-0.4, -0.2) is 26.2 Å². The molecule has 0 saturated carbocycles. The Morgan fingerprint density at radius 2 is 2.22 bits per heavy atom. The van der Waals surface area contributed by atoms with Gasteiger partial charge in [0.25, 0.3) is 0 Å². The minimum atomic E-state index is -0.257. The average molecular weight is 253 g/mol. The molecule has 0 unspecified atom stereocenters. The molecule has 18 heavy (non-hydrogen) atoms. The highest BCUT2D eigenvalue weighted by Crippen LogP contribution is 2.05. The summed E-state index contributed by atoms with van der Waals surface area (Å²) in [6, 6.07) is 6.35. The highest BCUT2D eigenvalue weighted by Gasteiger charge is 2.02. The lowest BCUT2D eigenvalue weighted by molar-refractivity contribution is -0.121. The van der Waals surface area contributed by atoms with Crippen molar-refractivity contribution in [3.05, 3.63) is 35.6 Å². The van der Waals surface area contributed by atoms with E-state index < -0.39 is 0 Å². The fraction of sp³-hybridized carbons (Fsp3) is 0.500. The average Bonchev–Trinajstić information content (AvgIpc) is 2.36. The van der Waals surface area contributed by atoms with Gasteiger partial charge in [-0.2, -0.15) is 0 Å². The summed E-state index contributed by atoms with van der Waals surface area (Å²) in [4.78, 5) is 11.5. The fourth-order valence-electron chi connectivity index (χ4n) is 1.64. The minimum absolute atomic E-state index is 0.0108. The third kappa shape index (κ3) is 6.35. The molecule has 3 nitrogen and oxygen atoms in total. The number of carbonyl (C=O) groups is 1. The van der Waals surface area contributed by atoms with E-state index in [0.717, 1.165) is 25.0 Å². The summed E-state index contributed by atoms with van der Waals surface area (Å²) in [5.41, 5.74) is 0.851. The molecule has 1 aromatic carbocycles. The summed E-state index contributed by atoms with van der Waals surface area (Å²) < 4.78 is 17.8. The lowest BCUT2D eigenvalue weighted by atomic mass is 10.1. The van der Waals surface area contributed by atoms with Crippen molar-refractivity contribution in [2.75, 3.05) is 20.3 Å². The molecule has 0 aliphatic rings. The Balaban J connectivity index is 2.13. The molecule has 1 amide bonds. The van der Waals surface area contributed by atoms with Crippen molar-refractivity contribution in [2.45, 2.75) is 25.7 Å². The number of ether oxygens (including phenoxy) is 1. The first-order valence-electron chi connectivity index (χ1n) is 6.22. The molecular formula is C14H20FNO2. The van der Waals surface area contributed by atoms with Crippen LogP contribution in [0, 0.1) is 5.82 Å². The van der Waals surface area contributed by atoms with Crippen LogP contribution in [0.2, 0.25) is 0 Å². The maximum atomic E-state index is 12.9. The maximum Gasteiger partial charge on any atom is 0.220 e. The number of hydrogen-bond donors (Lipinski definition) is 1. The molecule has 0 aliphatic carbocycles. The monoisotopic (exact) mass is 253 g/mol. The van der Waals surface area contributed by atoms with Gasteiger partial charge in [0.2, 0.25) is 5.91 Å². The first-order chi connectivity index (χ1) is 8.72. The standard InChI is InChI=1S/C14H20FNO2/c1-18-10-3-2-9-16-14(17)8-7-12-5-4-6-13(15)11-12/h4-6,11H,2-3,7-10H2,1H3,(H,16,17). The van der Waals surface area contributed by atoms with Crippen molar-refractivity contribution in [3.8, 4) is 0 Å². The number of rotatable bonds is 8. The molecule has 1 rings (SSSR count). The first-order valence-corrected chi connectivity index (χ1v) is 6.22. The van der Waals surface area contributed by atoms with Crippen LogP contribution in [0.1, 0.15) is 24.8 Å². The van der Waals surface area contributed by atoms with Crippen LogP contribution >= 0.6 is 0 Å². The zero-order valence-electron chi connectivity index (χ0n) is 10.7. The predicted octanol–water partition coefficient (Wildman–Crippen LogP) is 2.30. The minimum Gasteiger partial charge on any atom is -0.385 e. The SMILES string of the molecule is COCCCCNC(=O)CCc1cccc(F)c1. The van der Waals surface area contributed by atoms with Crippen LogP contribution < -0.4 is 5.32 Å². The summed E-state index contributed by atoms with van der Waals surface area (Å²) >= 11 is 0. The molecule has 0 bridgehead atoms. The van der Waals surface area contributed by atoms with E-state index >= 15 is 0 Å². The first kappa shape index (κ1) is 14.6. The zero-order valence-corrected chi connectivity index (χ0v) is 10.7. The van der Waals surface area contributed by atoms with Crippen LogP contribution in [0.15, 0.2) is 24.3 Å². The molecule has 0 saturated heterocycles. The number of hydrogen-bond acceptors (Lipinski definition) is 2. The lowest BCUT2D eigenvalue weighted by Crippen LogP contribution is -2.24. The van der Waals surface area contributed by atoms with Crippen LogP contribution in [0.4, 0.5) is 4.39 Å². The Morgan fingerprint density at radius 1 is 1.39 bits per heavy atom. The molecular weight excluding hydrogens is 233 g/mol. The molecule has 0 fully saturated rings. The van der Waals surface area contributed by atoms with Crippen molar-refractivity contribution < 1.29 is 13.9 Å². The number of unbranched alkanes of at least 4 members (excludes halogenated alkanes) is 1. The normalized spacial score (nSPS) is 10.3. The number of nitrogens with one attached hydrogen (secondary N) is 1. The molecule has 0 radical (unpaired) electrons.